The molecule has 8 heteroatoms. The fourth-order valence-corrected chi connectivity index (χ4v) is 3.11. The summed E-state index contributed by atoms with van der Waals surface area (Å²) in [6, 6.07) is 13.0. The number of hydrogen-bond acceptors (Lipinski definition) is 7. The van der Waals surface area contributed by atoms with E-state index in [1.54, 1.807) is 11.8 Å². The monoisotopic (exact) mass is 387 g/mol. The molecule has 0 N–H and O–H groups in total. The van der Waals surface area contributed by atoms with Gasteiger partial charge in [-0.1, -0.05) is 12.1 Å². The highest BCUT2D eigenvalue weighted by molar-refractivity contribution is 8.03. The summed E-state index contributed by atoms with van der Waals surface area (Å²) in [5, 5.41) is 19.1. The van der Waals surface area contributed by atoms with Gasteiger partial charge in [0.1, 0.15) is 5.82 Å². The zero-order chi connectivity index (χ0) is 18.5. The molecule has 0 aliphatic heterocycles. The first-order valence-corrected chi connectivity index (χ1v) is 9.43. The normalized spacial score (nSPS) is 11.5. The second-order valence-corrected chi connectivity index (χ2v) is 6.92. The number of rotatable bonds is 6. The first-order valence-electron chi connectivity index (χ1n) is 7.39. The number of nitrogens with zero attached hydrogens (tertiary/aromatic N) is 2. The minimum absolute atomic E-state index is 0.0560. The topological polar surface area (TPSA) is 79.0 Å². The van der Waals surface area contributed by atoms with E-state index in [4.69, 9.17) is 4.42 Å². The van der Waals surface area contributed by atoms with E-state index in [1.807, 2.05) is 30.5 Å². The fourth-order valence-electron chi connectivity index (χ4n) is 2.04. The zero-order valence-corrected chi connectivity index (χ0v) is 15.1. The fraction of sp³-hybridized carbons (Fsp3) is 0.0556. The Morgan fingerprint density at radius 2 is 1.81 bits per heavy atom. The van der Waals surface area contributed by atoms with Crippen LogP contribution in [0.1, 0.15) is 5.56 Å². The summed E-state index contributed by atoms with van der Waals surface area (Å²) in [7, 11) is 0. The van der Waals surface area contributed by atoms with Crippen LogP contribution in [0.3, 0.4) is 0 Å². The number of carboxylic acids is 1. The number of hydrogen-bond donors (Lipinski definition) is 0. The highest BCUT2D eigenvalue weighted by Crippen LogP contribution is 2.30. The molecule has 0 unspecified atom stereocenters. The van der Waals surface area contributed by atoms with Crippen molar-refractivity contribution < 1.29 is 18.7 Å². The van der Waals surface area contributed by atoms with E-state index in [2.05, 4.69) is 10.2 Å². The van der Waals surface area contributed by atoms with Gasteiger partial charge in [-0.25, -0.2) is 4.39 Å². The molecule has 0 aliphatic carbocycles. The summed E-state index contributed by atoms with van der Waals surface area (Å²) in [5.74, 6) is -1.54. The van der Waals surface area contributed by atoms with Crippen molar-refractivity contribution in [3.8, 4) is 11.5 Å². The van der Waals surface area contributed by atoms with E-state index in [1.165, 1.54) is 30.3 Å². The Balaban J connectivity index is 1.81. The molecule has 2 aromatic carbocycles. The van der Waals surface area contributed by atoms with Gasteiger partial charge in [0.15, 0.2) is 0 Å². The van der Waals surface area contributed by atoms with Crippen LogP contribution in [0.2, 0.25) is 0 Å². The van der Waals surface area contributed by atoms with E-state index in [0.717, 1.165) is 16.7 Å². The summed E-state index contributed by atoms with van der Waals surface area (Å²) in [6.45, 7) is 0. The Bertz CT molecular complexity index is 938. The molecule has 0 fully saturated rings. The molecule has 1 heterocycles. The molecular weight excluding hydrogens is 375 g/mol. The summed E-state index contributed by atoms with van der Waals surface area (Å²) < 4.78 is 18.4. The largest absolute Gasteiger partial charge is 0.544 e. The molecule has 3 aromatic rings. The number of halogens is 1. The molecule has 0 saturated heterocycles. The molecule has 1 aromatic heterocycles. The van der Waals surface area contributed by atoms with Gasteiger partial charge in [0, 0.05) is 15.4 Å². The van der Waals surface area contributed by atoms with Crippen molar-refractivity contribution in [3.63, 3.8) is 0 Å². The lowest BCUT2D eigenvalue weighted by molar-refractivity contribution is -0.298. The molecule has 3 rings (SSSR count). The van der Waals surface area contributed by atoms with Crippen LogP contribution in [-0.2, 0) is 4.79 Å². The average Bonchev–Trinajstić information content (AvgIpc) is 3.11. The van der Waals surface area contributed by atoms with Gasteiger partial charge in [-0.2, -0.15) is 0 Å². The van der Waals surface area contributed by atoms with Crippen molar-refractivity contribution in [3.05, 3.63) is 64.8 Å². The zero-order valence-electron chi connectivity index (χ0n) is 13.5. The lowest BCUT2D eigenvalue weighted by Gasteiger charge is -2.05. The third-order valence-electron chi connectivity index (χ3n) is 3.31. The molecule has 0 saturated carbocycles. The molecule has 0 radical (unpaired) electrons. The second kappa shape index (κ2) is 8.20. The van der Waals surface area contributed by atoms with E-state index in [-0.39, 0.29) is 21.8 Å². The summed E-state index contributed by atoms with van der Waals surface area (Å²) in [6.07, 6.45) is 3.44. The lowest BCUT2D eigenvalue weighted by atomic mass is 10.2. The van der Waals surface area contributed by atoms with Crippen molar-refractivity contribution in [1.82, 2.24) is 10.2 Å². The van der Waals surface area contributed by atoms with Crippen molar-refractivity contribution in [2.24, 2.45) is 0 Å². The Morgan fingerprint density at radius 1 is 1.12 bits per heavy atom. The van der Waals surface area contributed by atoms with E-state index in [0.29, 0.717) is 11.1 Å². The molecule has 0 atom stereocenters. The summed E-state index contributed by atoms with van der Waals surface area (Å²) >= 11 is 2.40. The van der Waals surface area contributed by atoms with Crippen LogP contribution in [0.15, 0.2) is 68.0 Å². The minimum atomic E-state index is -1.34. The van der Waals surface area contributed by atoms with Crippen molar-refractivity contribution >= 4 is 35.6 Å². The molecule has 0 bridgehead atoms. The number of benzene rings is 2. The molecular formula is C18H12FN2O3S2-. The quantitative estimate of drug-likeness (QED) is 0.473. The average molecular weight is 387 g/mol. The standard InChI is InChI=1S/C18H13FN2O3S2/c1-25-14-8-2-11(3-9-14)10-15(17(22)23)26-18-21-20-16(24-18)12-4-6-13(19)7-5-12/h2-10H,1H3,(H,22,23)/p-1/b15-10+. The van der Waals surface area contributed by atoms with Gasteiger partial charge in [0.25, 0.3) is 5.22 Å². The second-order valence-electron chi connectivity index (χ2n) is 5.05. The number of thioether (sulfide) groups is 2. The third-order valence-corrected chi connectivity index (χ3v) is 4.90. The third kappa shape index (κ3) is 4.53. The maximum absolute atomic E-state index is 13.0. The van der Waals surface area contributed by atoms with Crippen LogP contribution < -0.4 is 5.11 Å². The van der Waals surface area contributed by atoms with Gasteiger partial charge in [-0.05, 0) is 66.1 Å². The first-order chi connectivity index (χ1) is 12.5. The molecule has 132 valence electrons. The van der Waals surface area contributed by atoms with E-state index < -0.39 is 5.97 Å². The molecule has 26 heavy (non-hydrogen) atoms. The van der Waals surface area contributed by atoms with Gasteiger partial charge in [0.05, 0.1) is 5.97 Å². The number of aromatic nitrogens is 2. The number of carbonyl (C=O) groups excluding carboxylic acids is 1. The van der Waals surface area contributed by atoms with Gasteiger partial charge < -0.3 is 14.3 Å². The van der Waals surface area contributed by atoms with Gasteiger partial charge >= 0.3 is 0 Å². The Labute approximate surface area is 157 Å². The van der Waals surface area contributed by atoms with Crippen molar-refractivity contribution in [2.45, 2.75) is 10.1 Å². The number of carboxylic acid groups (broad SMARTS) is 1. The van der Waals surface area contributed by atoms with Crippen LogP contribution in [0.25, 0.3) is 17.5 Å². The molecule has 5 nitrogen and oxygen atoms in total. The van der Waals surface area contributed by atoms with Crippen LogP contribution in [0.4, 0.5) is 4.39 Å². The SMILES string of the molecule is CSc1ccc(/C=C(/Sc2nnc(-c3ccc(F)cc3)o2)C(=O)[O-])cc1. The van der Waals surface area contributed by atoms with Gasteiger partial charge in [-0.3, -0.25) is 0 Å². The number of aliphatic carboxylic acids is 1. The molecule has 0 spiro atoms. The Morgan fingerprint density at radius 3 is 2.42 bits per heavy atom. The molecule has 0 aliphatic rings. The first kappa shape index (κ1) is 18.2. The van der Waals surface area contributed by atoms with Crippen molar-refractivity contribution in [1.29, 1.82) is 0 Å². The van der Waals surface area contributed by atoms with Crippen LogP contribution in [-0.4, -0.2) is 22.4 Å². The van der Waals surface area contributed by atoms with Crippen molar-refractivity contribution in [2.75, 3.05) is 6.26 Å². The maximum atomic E-state index is 13.0. The van der Waals surface area contributed by atoms with Crippen LogP contribution in [0.5, 0.6) is 0 Å². The van der Waals surface area contributed by atoms with Crippen LogP contribution >= 0.6 is 23.5 Å². The maximum Gasteiger partial charge on any atom is 0.281 e. The predicted molar refractivity (Wildman–Crippen MR) is 96.8 cm³/mol. The Kier molecular flexibility index (Phi) is 5.75. The highest BCUT2D eigenvalue weighted by atomic mass is 32.2. The van der Waals surface area contributed by atoms with E-state index in [9.17, 15) is 14.3 Å². The van der Waals surface area contributed by atoms with Gasteiger partial charge in [-0.15, -0.1) is 22.0 Å². The summed E-state index contributed by atoms with van der Waals surface area (Å²) in [5.41, 5.74) is 1.25. The number of carbonyl (C=O) groups is 1. The smallest absolute Gasteiger partial charge is 0.281 e. The highest BCUT2D eigenvalue weighted by Gasteiger charge is 2.12. The summed E-state index contributed by atoms with van der Waals surface area (Å²) in [4.78, 5) is 12.4. The van der Waals surface area contributed by atoms with E-state index >= 15 is 0 Å². The Hall–Kier alpha value is -2.58. The minimum Gasteiger partial charge on any atom is -0.544 e. The van der Waals surface area contributed by atoms with Crippen LogP contribution in [0, 0.1) is 5.82 Å². The molecule has 0 amide bonds. The lowest BCUT2D eigenvalue weighted by Crippen LogP contribution is -2.23. The van der Waals surface area contributed by atoms with Gasteiger partial charge in [0.2, 0.25) is 5.89 Å². The predicted octanol–water partition coefficient (Wildman–Crippen LogP) is 3.48.